The average molecular weight is 325 g/mol. The molecule has 2 fully saturated rings. The minimum Gasteiger partial charge on any atom is -0.506 e. The molecule has 0 bridgehead atoms. The van der Waals surface area contributed by atoms with E-state index in [1.807, 2.05) is 0 Å². The number of aromatic nitrogens is 1. The van der Waals surface area contributed by atoms with Crippen molar-refractivity contribution in [1.29, 1.82) is 0 Å². The topological polar surface area (TPSA) is 67.3 Å². The molecule has 122 valence electrons. The van der Waals surface area contributed by atoms with Crippen molar-refractivity contribution in [2.75, 3.05) is 0 Å². The minimum atomic E-state index is -4.60. The van der Waals surface area contributed by atoms with E-state index in [4.69, 9.17) is 0 Å². The molecular formula is C16H14F3NO3. The number of nitrogens with zero attached hydrogens (tertiary/aromatic N) is 1. The molecule has 2 saturated carbocycles. The number of allylic oxidation sites excluding steroid dienone is 1. The number of halogens is 3. The van der Waals surface area contributed by atoms with Gasteiger partial charge in [-0.15, -0.1) is 0 Å². The van der Waals surface area contributed by atoms with E-state index in [9.17, 15) is 27.9 Å². The number of ketones is 2. The number of rotatable bonds is 1. The molecule has 0 aromatic carbocycles. The van der Waals surface area contributed by atoms with Gasteiger partial charge in [-0.3, -0.25) is 9.59 Å². The Bertz CT molecular complexity index is 751. The van der Waals surface area contributed by atoms with Crippen LogP contribution in [-0.2, 0) is 15.8 Å². The highest BCUT2D eigenvalue weighted by Crippen LogP contribution is 2.51. The smallest absolute Gasteiger partial charge is 0.433 e. The van der Waals surface area contributed by atoms with E-state index < -0.39 is 29.2 Å². The Balaban J connectivity index is 2.07. The Hall–Kier alpha value is -2.18. The molecule has 1 heterocycles. The summed E-state index contributed by atoms with van der Waals surface area (Å²) in [6.45, 7) is 2.99. The molecule has 2 aliphatic carbocycles. The van der Waals surface area contributed by atoms with Crippen molar-refractivity contribution in [1.82, 2.24) is 4.98 Å². The first-order valence-electron chi connectivity index (χ1n) is 7.19. The van der Waals surface area contributed by atoms with Gasteiger partial charge in [0.2, 0.25) is 0 Å². The second-order valence-electron chi connectivity index (χ2n) is 6.07. The van der Waals surface area contributed by atoms with Gasteiger partial charge in [-0.05, 0) is 31.4 Å². The number of pyridine rings is 1. The summed E-state index contributed by atoms with van der Waals surface area (Å²) in [5.41, 5.74) is -1.51. The van der Waals surface area contributed by atoms with Crippen molar-refractivity contribution in [3.8, 4) is 0 Å². The van der Waals surface area contributed by atoms with Crippen LogP contribution >= 0.6 is 0 Å². The molecular weight excluding hydrogens is 311 g/mol. The lowest BCUT2D eigenvalue weighted by molar-refractivity contribution is -0.141. The number of hydrogen-bond donors (Lipinski definition) is 1. The van der Waals surface area contributed by atoms with Crippen LogP contribution in [0.5, 0.6) is 0 Å². The SMILES string of the molecule is Cc1nc(C(F)(F)F)ccc1/C(O)=C1\C(=O)C(C)C2CC2C1=O. The van der Waals surface area contributed by atoms with Gasteiger partial charge in [0.05, 0.1) is 0 Å². The van der Waals surface area contributed by atoms with Crippen molar-refractivity contribution in [3.63, 3.8) is 0 Å². The Morgan fingerprint density at radius 2 is 1.91 bits per heavy atom. The molecule has 3 atom stereocenters. The monoisotopic (exact) mass is 325 g/mol. The number of alkyl halides is 3. The first-order chi connectivity index (χ1) is 10.6. The van der Waals surface area contributed by atoms with Crippen molar-refractivity contribution >= 4 is 17.3 Å². The summed E-state index contributed by atoms with van der Waals surface area (Å²) in [5.74, 6) is -2.05. The summed E-state index contributed by atoms with van der Waals surface area (Å²) in [6, 6.07) is 1.76. The van der Waals surface area contributed by atoms with E-state index in [0.29, 0.717) is 6.42 Å². The Labute approximate surface area is 130 Å². The van der Waals surface area contributed by atoms with Crippen LogP contribution in [0.3, 0.4) is 0 Å². The van der Waals surface area contributed by atoms with Crippen LogP contribution in [0, 0.1) is 24.7 Å². The summed E-state index contributed by atoms with van der Waals surface area (Å²) >= 11 is 0. The molecule has 3 unspecified atom stereocenters. The number of carbonyl (C=O) groups is 2. The molecule has 0 amide bonds. The third-order valence-corrected chi connectivity index (χ3v) is 4.59. The second-order valence-corrected chi connectivity index (χ2v) is 6.07. The molecule has 1 N–H and O–H groups in total. The van der Waals surface area contributed by atoms with Crippen LogP contribution < -0.4 is 0 Å². The summed E-state index contributed by atoms with van der Waals surface area (Å²) in [6.07, 6.45) is -3.98. The van der Waals surface area contributed by atoms with Gasteiger partial charge in [0, 0.05) is 23.1 Å². The molecule has 2 aliphatic rings. The predicted octanol–water partition coefficient (Wildman–Crippen LogP) is 3.10. The van der Waals surface area contributed by atoms with Gasteiger partial charge in [0.25, 0.3) is 0 Å². The van der Waals surface area contributed by atoms with Gasteiger partial charge in [-0.25, -0.2) is 4.98 Å². The number of aliphatic hydroxyl groups excluding tert-OH is 1. The van der Waals surface area contributed by atoms with Gasteiger partial charge in [-0.1, -0.05) is 6.92 Å². The lowest BCUT2D eigenvalue weighted by Crippen LogP contribution is -2.30. The maximum atomic E-state index is 12.6. The average Bonchev–Trinajstić information content (AvgIpc) is 3.24. The molecule has 0 saturated heterocycles. The van der Waals surface area contributed by atoms with Gasteiger partial charge in [0.15, 0.2) is 11.6 Å². The lowest BCUT2D eigenvalue weighted by Gasteiger charge is -2.19. The number of carbonyl (C=O) groups excluding carboxylic acids is 2. The van der Waals surface area contributed by atoms with E-state index in [-0.39, 0.29) is 34.6 Å². The van der Waals surface area contributed by atoms with E-state index in [2.05, 4.69) is 4.98 Å². The normalized spacial score (nSPS) is 29.3. The fraction of sp³-hybridized carbons (Fsp3) is 0.438. The van der Waals surface area contributed by atoms with E-state index in [1.165, 1.54) is 6.92 Å². The second kappa shape index (κ2) is 4.91. The van der Waals surface area contributed by atoms with Crippen LogP contribution in [0.15, 0.2) is 17.7 Å². The molecule has 0 spiro atoms. The van der Waals surface area contributed by atoms with Crippen molar-refractivity contribution in [2.45, 2.75) is 26.4 Å². The van der Waals surface area contributed by atoms with E-state index >= 15 is 0 Å². The van der Waals surface area contributed by atoms with Crippen molar-refractivity contribution in [2.24, 2.45) is 17.8 Å². The minimum absolute atomic E-state index is 0.0263. The number of aryl methyl sites for hydroxylation is 1. The van der Waals surface area contributed by atoms with Gasteiger partial charge in [0.1, 0.15) is 17.0 Å². The highest BCUT2D eigenvalue weighted by Gasteiger charge is 2.55. The Kier molecular flexibility index (Phi) is 3.35. The van der Waals surface area contributed by atoms with E-state index in [0.717, 1.165) is 12.1 Å². The molecule has 23 heavy (non-hydrogen) atoms. The van der Waals surface area contributed by atoms with Crippen LogP contribution in [0.1, 0.15) is 30.3 Å². The number of Topliss-reactive ketones (excluding diaryl/α,β-unsaturated/α-hetero) is 2. The third-order valence-electron chi connectivity index (χ3n) is 4.59. The zero-order chi connectivity index (χ0) is 17.1. The molecule has 1 aromatic rings. The first kappa shape index (κ1) is 15.7. The highest BCUT2D eigenvalue weighted by molar-refractivity contribution is 6.28. The van der Waals surface area contributed by atoms with Gasteiger partial charge in [-0.2, -0.15) is 13.2 Å². The highest BCUT2D eigenvalue weighted by atomic mass is 19.4. The van der Waals surface area contributed by atoms with Crippen molar-refractivity contribution < 1.29 is 27.9 Å². The summed E-state index contributed by atoms with van der Waals surface area (Å²) in [4.78, 5) is 27.9. The van der Waals surface area contributed by atoms with E-state index in [1.54, 1.807) is 6.92 Å². The van der Waals surface area contributed by atoms with Crippen LogP contribution in [0.25, 0.3) is 5.76 Å². The number of aliphatic hydroxyl groups is 1. The van der Waals surface area contributed by atoms with Crippen LogP contribution in [0.2, 0.25) is 0 Å². The van der Waals surface area contributed by atoms with Gasteiger partial charge < -0.3 is 5.11 Å². The largest absolute Gasteiger partial charge is 0.506 e. The summed E-state index contributed by atoms with van der Waals surface area (Å²) < 4.78 is 37.9. The maximum Gasteiger partial charge on any atom is 0.433 e. The molecule has 1 aromatic heterocycles. The maximum absolute atomic E-state index is 12.6. The zero-order valence-corrected chi connectivity index (χ0v) is 12.4. The summed E-state index contributed by atoms with van der Waals surface area (Å²) in [7, 11) is 0. The predicted molar refractivity (Wildman–Crippen MR) is 74.3 cm³/mol. The zero-order valence-electron chi connectivity index (χ0n) is 12.4. The van der Waals surface area contributed by atoms with Crippen LogP contribution in [0.4, 0.5) is 13.2 Å². The van der Waals surface area contributed by atoms with Crippen molar-refractivity contribution in [3.05, 3.63) is 34.7 Å². The number of hydrogen-bond acceptors (Lipinski definition) is 4. The number of fused-ring (bicyclic) bond motifs is 1. The Morgan fingerprint density at radius 3 is 2.48 bits per heavy atom. The molecule has 7 heteroatoms. The lowest BCUT2D eigenvalue weighted by atomic mass is 9.83. The van der Waals surface area contributed by atoms with Crippen LogP contribution in [-0.4, -0.2) is 21.7 Å². The summed E-state index contributed by atoms with van der Waals surface area (Å²) in [5, 5.41) is 10.3. The fourth-order valence-corrected chi connectivity index (χ4v) is 3.13. The first-order valence-corrected chi connectivity index (χ1v) is 7.19. The molecule has 4 nitrogen and oxygen atoms in total. The quantitative estimate of drug-likeness (QED) is 0.489. The molecule has 3 rings (SSSR count). The third kappa shape index (κ3) is 2.44. The Morgan fingerprint density at radius 1 is 1.26 bits per heavy atom. The fourth-order valence-electron chi connectivity index (χ4n) is 3.13. The van der Waals surface area contributed by atoms with Gasteiger partial charge >= 0.3 is 6.18 Å². The molecule has 0 radical (unpaired) electrons. The standard InChI is InChI=1S/C16H14F3NO3/c1-6-9-5-10(9)15(23)12(13(6)21)14(22)8-3-4-11(16(17,18)19)20-7(8)2/h3-4,6,9-10,22H,5H2,1-2H3/b14-12-. The molecule has 0 aliphatic heterocycles.